The van der Waals surface area contributed by atoms with Gasteiger partial charge in [0.25, 0.3) is 0 Å². The van der Waals surface area contributed by atoms with Crippen molar-refractivity contribution in [3.05, 3.63) is 35.7 Å². The van der Waals surface area contributed by atoms with Crippen LogP contribution in [0.15, 0.2) is 30.7 Å². The summed E-state index contributed by atoms with van der Waals surface area (Å²) in [5.74, 6) is -5.45. The van der Waals surface area contributed by atoms with Crippen LogP contribution in [0, 0.1) is 0 Å². The van der Waals surface area contributed by atoms with Crippen molar-refractivity contribution < 1.29 is 26.7 Å². The number of nitrogens with zero attached hydrogens (tertiary/aromatic N) is 3. The van der Waals surface area contributed by atoms with E-state index in [-0.39, 0.29) is 10.7 Å². The van der Waals surface area contributed by atoms with Crippen LogP contribution in [-0.2, 0) is 0 Å². The summed E-state index contributed by atoms with van der Waals surface area (Å²) in [5, 5.41) is 0.286. The zero-order chi connectivity index (χ0) is 16.4. The van der Waals surface area contributed by atoms with Crippen molar-refractivity contribution in [2.45, 2.75) is 12.1 Å². The van der Waals surface area contributed by atoms with E-state index in [1.807, 2.05) is 0 Å². The maximum Gasteiger partial charge on any atom is 0.456 e. The molecule has 0 aromatic carbocycles. The van der Waals surface area contributed by atoms with Crippen molar-refractivity contribution in [1.82, 2.24) is 15.0 Å². The largest absolute Gasteiger partial charge is 0.470 e. The monoisotopic (exact) mass is 339 g/mol. The van der Waals surface area contributed by atoms with Gasteiger partial charge in [0.2, 0.25) is 5.88 Å². The Hall–Kier alpha value is -2.03. The summed E-state index contributed by atoms with van der Waals surface area (Å²) in [5.41, 5.74) is 0.518. The highest BCUT2D eigenvalue weighted by Crippen LogP contribution is 2.35. The normalized spacial score (nSPS) is 12.3. The van der Waals surface area contributed by atoms with E-state index in [9.17, 15) is 22.0 Å². The van der Waals surface area contributed by atoms with Gasteiger partial charge in [-0.2, -0.15) is 22.0 Å². The molecule has 0 amide bonds. The topological polar surface area (TPSA) is 47.9 Å². The molecule has 0 atom stereocenters. The number of ether oxygens (including phenoxy) is 1. The molecule has 4 nitrogen and oxygen atoms in total. The summed E-state index contributed by atoms with van der Waals surface area (Å²) in [6.45, 7) is -1.88. The SMILES string of the molecule is FC(F)(F)C(F)(F)COc1cnc(-c2ncccc2Cl)cn1. The van der Waals surface area contributed by atoms with Crippen molar-refractivity contribution in [3.63, 3.8) is 0 Å². The summed E-state index contributed by atoms with van der Waals surface area (Å²) < 4.78 is 65.6. The van der Waals surface area contributed by atoms with Crippen LogP contribution in [0.4, 0.5) is 22.0 Å². The number of alkyl halides is 5. The molecular formula is C12H7ClF5N3O. The molecule has 0 saturated carbocycles. The van der Waals surface area contributed by atoms with Crippen molar-refractivity contribution in [1.29, 1.82) is 0 Å². The molecule has 0 aliphatic rings. The predicted molar refractivity (Wildman–Crippen MR) is 66.8 cm³/mol. The van der Waals surface area contributed by atoms with E-state index in [4.69, 9.17) is 11.6 Å². The molecule has 10 heteroatoms. The molecule has 2 heterocycles. The highest BCUT2D eigenvalue weighted by molar-refractivity contribution is 6.32. The van der Waals surface area contributed by atoms with E-state index in [1.165, 1.54) is 6.20 Å². The molecule has 0 saturated heterocycles. The standard InChI is InChI=1S/C12H7ClF5N3O/c13-7-2-1-3-19-10(7)8-4-21-9(5-20-8)22-6-11(14,15)12(16,17)18/h1-5H,6H2. The smallest absolute Gasteiger partial charge is 0.456 e. The van der Waals surface area contributed by atoms with E-state index >= 15 is 0 Å². The number of aromatic nitrogens is 3. The lowest BCUT2D eigenvalue weighted by atomic mass is 10.3. The minimum atomic E-state index is -5.69. The third-order valence-corrected chi connectivity index (χ3v) is 2.75. The molecule has 118 valence electrons. The van der Waals surface area contributed by atoms with Gasteiger partial charge in [-0.05, 0) is 12.1 Å². The maximum absolute atomic E-state index is 12.7. The van der Waals surface area contributed by atoms with Gasteiger partial charge in [-0.1, -0.05) is 11.6 Å². The summed E-state index contributed by atoms with van der Waals surface area (Å²) in [7, 11) is 0. The first-order valence-electron chi connectivity index (χ1n) is 5.71. The average Bonchev–Trinajstić information content (AvgIpc) is 2.45. The highest BCUT2D eigenvalue weighted by Gasteiger charge is 2.58. The van der Waals surface area contributed by atoms with Crippen LogP contribution in [0.25, 0.3) is 11.4 Å². The van der Waals surface area contributed by atoms with Gasteiger partial charge in [0, 0.05) is 6.20 Å². The molecule has 0 fully saturated rings. The summed E-state index contributed by atoms with van der Waals surface area (Å²) in [6, 6.07) is 3.15. The second-order valence-corrected chi connectivity index (χ2v) is 4.47. The minimum Gasteiger partial charge on any atom is -0.470 e. The van der Waals surface area contributed by atoms with Crippen LogP contribution >= 0.6 is 11.6 Å². The van der Waals surface area contributed by atoms with Gasteiger partial charge in [-0.15, -0.1) is 0 Å². The summed E-state index contributed by atoms with van der Waals surface area (Å²) in [6.07, 6.45) is -2.22. The van der Waals surface area contributed by atoms with Crippen molar-refractivity contribution >= 4 is 11.6 Å². The maximum atomic E-state index is 12.7. The van der Waals surface area contributed by atoms with E-state index in [1.54, 1.807) is 12.1 Å². The first kappa shape index (κ1) is 16.3. The van der Waals surface area contributed by atoms with Crippen molar-refractivity contribution in [2.75, 3.05) is 6.61 Å². The predicted octanol–water partition coefficient (Wildman–Crippen LogP) is 3.77. The van der Waals surface area contributed by atoms with Crippen LogP contribution in [0.1, 0.15) is 0 Å². The second-order valence-electron chi connectivity index (χ2n) is 4.06. The third-order valence-electron chi connectivity index (χ3n) is 2.45. The van der Waals surface area contributed by atoms with Crippen LogP contribution in [0.2, 0.25) is 5.02 Å². The molecule has 2 aromatic heterocycles. The van der Waals surface area contributed by atoms with Crippen LogP contribution in [0.5, 0.6) is 5.88 Å². The van der Waals surface area contributed by atoms with E-state index in [0.717, 1.165) is 12.4 Å². The van der Waals surface area contributed by atoms with Crippen molar-refractivity contribution in [3.8, 4) is 17.3 Å². The van der Waals surface area contributed by atoms with Gasteiger partial charge >= 0.3 is 12.1 Å². The Bertz CT molecular complexity index is 648. The van der Waals surface area contributed by atoms with Crippen molar-refractivity contribution in [2.24, 2.45) is 0 Å². The van der Waals surface area contributed by atoms with E-state index < -0.39 is 24.6 Å². The van der Waals surface area contributed by atoms with Crippen LogP contribution in [-0.4, -0.2) is 33.7 Å². The molecule has 0 N–H and O–H groups in total. The number of halogens is 6. The van der Waals surface area contributed by atoms with Gasteiger partial charge in [0.15, 0.2) is 6.61 Å². The Balaban J connectivity index is 2.09. The molecule has 0 aliphatic carbocycles. The zero-order valence-electron chi connectivity index (χ0n) is 10.6. The lowest BCUT2D eigenvalue weighted by Gasteiger charge is -2.19. The Kier molecular flexibility index (Phi) is 4.45. The van der Waals surface area contributed by atoms with Gasteiger partial charge < -0.3 is 4.74 Å². The van der Waals surface area contributed by atoms with Gasteiger partial charge in [0.1, 0.15) is 11.4 Å². The van der Waals surface area contributed by atoms with Gasteiger partial charge in [0.05, 0.1) is 17.4 Å². The molecule has 0 bridgehead atoms. The van der Waals surface area contributed by atoms with Crippen LogP contribution in [0.3, 0.4) is 0 Å². The Labute approximate surface area is 125 Å². The van der Waals surface area contributed by atoms with Gasteiger partial charge in [-0.25, -0.2) is 9.97 Å². The van der Waals surface area contributed by atoms with E-state index in [0.29, 0.717) is 5.69 Å². The van der Waals surface area contributed by atoms with Crippen LogP contribution < -0.4 is 4.74 Å². The molecule has 2 aromatic rings. The quantitative estimate of drug-likeness (QED) is 0.796. The minimum absolute atomic E-state index is 0.223. The average molecular weight is 340 g/mol. The molecule has 2 rings (SSSR count). The molecule has 0 unspecified atom stereocenters. The first-order valence-corrected chi connectivity index (χ1v) is 6.09. The zero-order valence-corrected chi connectivity index (χ0v) is 11.4. The lowest BCUT2D eigenvalue weighted by molar-refractivity contribution is -0.290. The van der Waals surface area contributed by atoms with Gasteiger partial charge in [-0.3, -0.25) is 4.98 Å². The molecule has 0 radical (unpaired) electrons. The first-order chi connectivity index (χ1) is 10.2. The van der Waals surface area contributed by atoms with E-state index in [2.05, 4.69) is 19.7 Å². The number of pyridine rings is 1. The summed E-state index contributed by atoms with van der Waals surface area (Å²) in [4.78, 5) is 11.4. The highest BCUT2D eigenvalue weighted by atomic mass is 35.5. The fourth-order valence-corrected chi connectivity index (χ4v) is 1.55. The third kappa shape index (κ3) is 3.59. The Morgan fingerprint density at radius 3 is 2.32 bits per heavy atom. The number of hydrogen-bond donors (Lipinski definition) is 0. The molecule has 0 aliphatic heterocycles. The fraction of sp³-hybridized carbons (Fsp3) is 0.250. The number of hydrogen-bond acceptors (Lipinski definition) is 4. The Morgan fingerprint density at radius 2 is 1.77 bits per heavy atom. The Morgan fingerprint density at radius 1 is 1.05 bits per heavy atom. The summed E-state index contributed by atoms with van der Waals surface area (Å²) >= 11 is 5.88. The molecule has 22 heavy (non-hydrogen) atoms. The number of rotatable bonds is 4. The second kappa shape index (κ2) is 5.99. The fourth-order valence-electron chi connectivity index (χ4n) is 1.33. The molecular weight excluding hydrogens is 333 g/mol. The lowest BCUT2D eigenvalue weighted by Crippen LogP contribution is -2.41. The molecule has 0 spiro atoms.